The number of alkyl halides is 1. The third kappa shape index (κ3) is 1.22. The van der Waals surface area contributed by atoms with Crippen molar-refractivity contribution in [1.29, 1.82) is 0 Å². The number of aromatic nitrogens is 5. The predicted molar refractivity (Wildman–Crippen MR) is 58.0 cm³/mol. The van der Waals surface area contributed by atoms with E-state index in [0.29, 0.717) is 12.8 Å². The summed E-state index contributed by atoms with van der Waals surface area (Å²) in [4.78, 5) is 27.1. The number of ether oxygens (including phenoxy) is 1. The Hall–Kier alpha value is -2.52. The van der Waals surface area contributed by atoms with Gasteiger partial charge in [0.15, 0.2) is 11.3 Å². The largest absolute Gasteiger partial charge is 0.454 e. The number of hydrogen-bond acceptors (Lipinski definition) is 7. The minimum absolute atomic E-state index is 0.0153. The maximum absolute atomic E-state index is 13.8. The van der Waals surface area contributed by atoms with Gasteiger partial charge in [-0.1, -0.05) is 0 Å². The molecule has 2 aromatic heterocycles. The van der Waals surface area contributed by atoms with Gasteiger partial charge in [0.05, 0.1) is 0 Å². The molecule has 0 spiro atoms. The number of carbonyl (C=O) groups excluding carboxylic acids is 1. The Morgan fingerprint density at radius 3 is 2.90 bits per heavy atom. The molecule has 3 saturated carbocycles. The van der Waals surface area contributed by atoms with Crippen molar-refractivity contribution in [3.05, 3.63) is 22.5 Å². The highest BCUT2D eigenvalue weighted by molar-refractivity contribution is 5.93. The summed E-state index contributed by atoms with van der Waals surface area (Å²) in [5.74, 6) is -0.785. The molecule has 1 unspecified atom stereocenters. The van der Waals surface area contributed by atoms with Crippen molar-refractivity contribution >= 4 is 11.6 Å². The van der Waals surface area contributed by atoms with Crippen molar-refractivity contribution in [3.8, 4) is 0 Å². The average Bonchev–Trinajstić information content (AvgIpc) is 2.82. The van der Waals surface area contributed by atoms with Crippen molar-refractivity contribution in [2.24, 2.45) is 5.92 Å². The summed E-state index contributed by atoms with van der Waals surface area (Å²) in [7, 11) is 0. The first-order valence-electron chi connectivity index (χ1n) is 5.92. The van der Waals surface area contributed by atoms with Crippen LogP contribution in [-0.4, -0.2) is 47.5 Å². The first-order chi connectivity index (χ1) is 9.49. The molecule has 3 aliphatic carbocycles. The number of hydrogen-bond donors (Lipinski definition) is 1. The molecule has 104 valence electrons. The lowest BCUT2D eigenvalue weighted by Gasteiger charge is -2.60. The van der Waals surface area contributed by atoms with Crippen LogP contribution in [0.1, 0.15) is 23.3 Å². The van der Waals surface area contributed by atoms with Crippen molar-refractivity contribution in [2.75, 3.05) is 0 Å². The molecule has 2 aromatic rings. The molecule has 0 aliphatic heterocycles. The van der Waals surface area contributed by atoms with Gasteiger partial charge in [-0.3, -0.25) is 0 Å². The number of carbonyl (C=O) groups is 1. The molecule has 3 fully saturated rings. The summed E-state index contributed by atoms with van der Waals surface area (Å²) in [6.45, 7) is 0. The minimum Gasteiger partial charge on any atom is -0.454 e. The van der Waals surface area contributed by atoms with Gasteiger partial charge in [-0.15, -0.1) is 5.10 Å². The van der Waals surface area contributed by atoms with Crippen molar-refractivity contribution in [1.82, 2.24) is 24.5 Å². The SMILES string of the molecule is O=C(OC1C2CC1(F)C2)c1ncn2c(=O)n(O)nnc12. The van der Waals surface area contributed by atoms with Gasteiger partial charge in [-0.25, -0.2) is 23.4 Å². The van der Waals surface area contributed by atoms with Crippen LogP contribution in [0.2, 0.25) is 0 Å². The van der Waals surface area contributed by atoms with E-state index in [2.05, 4.69) is 15.3 Å². The highest BCUT2D eigenvalue weighted by Crippen LogP contribution is 2.61. The predicted octanol–water partition coefficient (Wildman–Crippen LogP) is -0.819. The van der Waals surface area contributed by atoms with E-state index in [0.717, 1.165) is 10.7 Å². The van der Waals surface area contributed by atoms with Gasteiger partial charge in [-0.05, 0) is 22.9 Å². The normalized spacial score (nSPS) is 30.6. The van der Waals surface area contributed by atoms with E-state index in [4.69, 9.17) is 9.94 Å². The van der Waals surface area contributed by atoms with Gasteiger partial charge < -0.3 is 9.94 Å². The van der Waals surface area contributed by atoms with Crippen LogP contribution in [0, 0.1) is 5.92 Å². The summed E-state index contributed by atoms with van der Waals surface area (Å²) in [5, 5.41) is 15.7. The Kier molecular flexibility index (Phi) is 1.88. The smallest absolute Gasteiger partial charge is 0.387 e. The fourth-order valence-electron chi connectivity index (χ4n) is 2.67. The second kappa shape index (κ2) is 3.32. The average molecular weight is 281 g/mol. The van der Waals surface area contributed by atoms with E-state index in [1.807, 2.05) is 0 Å². The zero-order valence-corrected chi connectivity index (χ0v) is 9.93. The van der Waals surface area contributed by atoms with E-state index in [-0.39, 0.29) is 22.1 Å². The molecule has 10 heteroatoms. The molecule has 0 amide bonds. The van der Waals surface area contributed by atoms with Crippen LogP contribution in [0.4, 0.5) is 4.39 Å². The Bertz CT molecular complexity index is 793. The second-order valence-electron chi connectivity index (χ2n) is 5.08. The van der Waals surface area contributed by atoms with Gasteiger partial charge in [0.2, 0.25) is 0 Å². The van der Waals surface area contributed by atoms with Crippen LogP contribution in [0.5, 0.6) is 0 Å². The maximum Gasteiger partial charge on any atom is 0.387 e. The third-order valence-corrected chi connectivity index (χ3v) is 3.91. The molecule has 1 atom stereocenters. The van der Waals surface area contributed by atoms with E-state index in [1.54, 1.807) is 0 Å². The Morgan fingerprint density at radius 2 is 2.30 bits per heavy atom. The summed E-state index contributed by atoms with van der Waals surface area (Å²) >= 11 is 0. The molecule has 1 N–H and O–H groups in total. The van der Waals surface area contributed by atoms with Gasteiger partial charge in [0.25, 0.3) is 0 Å². The summed E-state index contributed by atoms with van der Waals surface area (Å²) < 4.78 is 19.6. The fraction of sp³-hybridized carbons (Fsp3) is 0.500. The zero-order chi connectivity index (χ0) is 14.1. The number of imidazole rings is 1. The van der Waals surface area contributed by atoms with Crippen LogP contribution in [0.25, 0.3) is 5.65 Å². The summed E-state index contributed by atoms with van der Waals surface area (Å²) in [6.07, 6.45) is 1.12. The number of rotatable bonds is 2. The summed E-state index contributed by atoms with van der Waals surface area (Å²) in [6, 6.07) is 0. The third-order valence-electron chi connectivity index (χ3n) is 3.91. The summed E-state index contributed by atoms with van der Waals surface area (Å²) in [5.41, 5.74) is -2.70. The second-order valence-corrected chi connectivity index (χ2v) is 5.08. The van der Waals surface area contributed by atoms with Crippen molar-refractivity contribution in [3.63, 3.8) is 0 Å². The van der Waals surface area contributed by atoms with Gasteiger partial charge in [-0.2, -0.15) is 0 Å². The van der Waals surface area contributed by atoms with E-state index in [1.165, 1.54) is 0 Å². The molecule has 9 nitrogen and oxygen atoms in total. The number of nitrogens with zero attached hydrogens (tertiary/aromatic N) is 5. The zero-order valence-electron chi connectivity index (χ0n) is 9.93. The molecule has 0 radical (unpaired) electrons. The topological polar surface area (TPSA) is 112 Å². The minimum atomic E-state index is -1.40. The van der Waals surface area contributed by atoms with E-state index >= 15 is 0 Å². The Labute approximate surface area is 109 Å². The lowest BCUT2D eigenvalue weighted by molar-refractivity contribution is -0.242. The van der Waals surface area contributed by atoms with Crippen LogP contribution >= 0.6 is 0 Å². The van der Waals surface area contributed by atoms with E-state index < -0.39 is 23.4 Å². The highest BCUT2D eigenvalue weighted by Gasteiger charge is 2.69. The first-order valence-corrected chi connectivity index (χ1v) is 5.92. The molecule has 3 aliphatic rings. The van der Waals surface area contributed by atoms with Crippen LogP contribution in [-0.2, 0) is 4.74 Å². The van der Waals surface area contributed by atoms with Crippen LogP contribution in [0.15, 0.2) is 11.1 Å². The molecule has 2 heterocycles. The first kappa shape index (κ1) is 11.3. The highest BCUT2D eigenvalue weighted by atomic mass is 19.1. The van der Waals surface area contributed by atoms with Gasteiger partial charge in [0.1, 0.15) is 18.1 Å². The number of halogens is 1. The van der Waals surface area contributed by atoms with Crippen molar-refractivity contribution in [2.45, 2.75) is 24.6 Å². The molecular formula is C10H8FN5O4. The molecule has 2 bridgehead atoms. The van der Waals surface area contributed by atoms with Crippen molar-refractivity contribution < 1.29 is 19.1 Å². The maximum atomic E-state index is 13.8. The number of fused-ring (bicyclic) bond motifs is 1. The Balaban J connectivity index is 1.67. The van der Waals surface area contributed by atoms with Gasteiger partial charge >= 0.3 is 11.7 Å². The van der Waals surface area contributed by atoms with E-state index in [9.17, 15) is 14.0 Å². The lowest BCUT2D eigenvalue weighted by Crippen LogP contribution is -2.69. The standard InChI is InChI=1S/C10H8FN5O4/c11-10-1-4(2-10)6(10)20-8(17)5-7-13-14-16(19)9(18)15(7)3-12-5/h3-4,6,19H,1-2H2. The molecule has 0 aromatic carbocycles. The fourth-order valence-corrected chi connectivity index (χ4v) is 2.67. The molecule has 0 saturated heterocycles. The van der Waals surface area contributed by atoms with Gasteiger partial charge in [0, 0.05) is 5.92 Å². The van der Waals surface area contributed by atoms with Crippen LogP contribution in [0.3, 0.4) is 0 Å². The Morgan fingerprint density at radius 1 is 1.55 bits per heavy atom. The van der Waals surface area contributed by atoms with Crippen LogP contribution < -0.4 is 5.69 Å². The monoisotopic (exact) mass is 281 g/mol. The number of esters is 1. The quantitative estimate of drug-likeness (QED) is 0.565. The lowest BCUT2D eigenvalue weighted by atomic mass is 9.51. The molecule has 5 rings (SSSR count). The molecule has 20 heavy (non-hydrogen) atoms. The molecular weight excluding hydrogens is 273 g/mol.